The Morgan fingerprint density at radius 3 is 2.90 bits per heavy atom. The van der Waals surface area contributed by atoms with Crippen LogP contribution in [-0.2, 0) is 22.6 Å². The predicted octanol–water partition coefficient (Wildman–Crippen LogP) is 1.58. The first-order valence-electron chi connectivity index (χ1n) is 9.44. The molecule has 29 heavy (non-hydrogen) atoms. The quantitative estimate of drug-likeness (QED) is 0.631. The van der Waals surface area contributed by atoms with E-state index in [1.807, 2.05) is 35.7 Å². The number of amides is 1. The van der Waals surface area contributed by atoms with E-state index in [1.54, 1.807) is 0 Å². The Hall–Kier alpha value is -2.75. The number of ether oxygens (including phenoxy) is 1. The average molecular weight is 414 g/mol. The van der Waals surface area contributed by atoms with E-state index in [0.717, 1.165) is 29.2 Å². The lowest BCUT2D eigenvalue weighted by atomic mass is 10.2. The highest BCUT2D eigenvalue weighted by Crippen LogP contribution is 2.20. The molecule has 0 bridgehead atoms. The minimum Gasteiger partial charge on any atom is -0.387 e. The molecule has 8 nitrogen and oxygen atoms in total. The molecule has 1 unspecified atom stereocenters. The van der Waals surface area contributed by atoms with E-state index in [9.17, 15) is 9.59 Å². The molecule has 1 saturated heterocycles. The Morgan fingerprint density at radius 2 is 2.10 bits per heavy atom. The van der Waals surface area contributed by atoms with Gasteiger partial charge in [-0.2, -0.15) is 4.68 Å². The summed E-state index contributed by atoms with van der Waals surface area (Å²) in [5, 5.41) is 8.79. The lowest BCUT2D eigenvalue weighted by Gasteiger charge is -2.33. The molecular formula is C20H22N4O4S. The van der Waals surface area contributed by atoms with E-state index in [0.29, 0.717) is 13.2 Å². The van der Waals surface area contributed by atoms with Crippen LogP contribution in [0, 0.1) is 0 Å². The van der Waals surface area contributed by atoms with Crippen molar-refractivity contribution in [3.63, 3.8) is 0 Å². The molecule has 1 atom stereocenters. The molecule has 4 rings (SSSR count). The maximum Gasteiger partial charge on any atom is 0.437 e. The number of nitrogens with zero attached hydrogens (tertiary/aromatic N) is 3. The summed E-state index contributed by atoms with van der Waals surface area (Å²) in [5.41, 5.74) is 1.25. The fourth-order valence-electron chi connectivity index (χ4n) is 3.21. The number of morpholine rings is 1. The van der Waals surface area contributed by atoms with Crippen molar-refractivity contribution in [1.82, 2.24) is 20.0 Å². The monoisotopic (exact) mass is 414 g/mol. The first kappa shape index (κ1) is 19.6. The minimum atomic E-state index is -0.647. The molecule has 1 fully saturated rings. The molecule has 1 aromatic carbocycles. The Kier molecular flexibility index (Phi) is 6.18. The summed E-state index contributed by atoms with van der Waals surface area (Å²) < 4.78 is 11.9. The van der Waals surface area contributed by atoms with Gasteiger partial charge in [-0.15, -0.1) is 16.4 Å². The van der Waals surface area contributed by atoms with Crippen LogP contribution in [0.15, 0.2) is 57.1 Å². The number of thiophene rings is 1. The zero-order valence-electron chi connectivity index (χ0n) is 15.8. The number of hydrogen-bond acceptors (Lipinski definition) is 7. The van der Waals surface area contributed by atoms with Crippen molar-refractivity contribution >= 4 is 17.2 Å². The number of rotatable bonds is 7. The molecule has 2 aromatic heterocycles. The molecule has 0 radical (unpaired) electrons. The van der Waals surface area contributed by atoms with Gasteiger partial charge in [0.15, 0.2) is 0 Å². The van der Waals surface area contributed by atoms with Crippen LogP contribution in [0.25, 0.3) is 10.8 Å². The van der Waals surface area contributed by atoms with Gasteiger partial charge >= 0.3 is 5.76 Å². The van der Waals surface area contributed by atoms with E-state index in [4.69, 9.17) is 9.15 Å². The summed E-state index contributed by atoms with van der Waals surface area (Å²) in [5.74, 6) is -0.724. The van der Waals surface area contributed by atoms with Crippen LogP contribution < -0.4 is 11.1 Å². The molecule has 152 valence electrons. The highest BCUT2D eigenvalue weighted by Gasteiger charge is 2.21. The molecule has 3 heterocycles. The number of carbonyl (C=O) groups excluding carboxylic acids is 1. The molecule has 1 aliphatic rings. The number of aromatic nitrogens is 2. The van der Waals surface area contributed by atoms with Gasteiger partial charge in [0.25, 0.3) is 5.89 Å². The first-order valence-corrected chi connectivity index (χ1v) is 10.3. The fourth-order valence-corrected chi connectivity index (χ4v) is 3.86. The standard InChI is InChI=1S/C20H22N4O4S/c25-18(14-24-20(26)28-19(22-24)17-7-4-10-29-17)21-11-16-13-23(8-9-27-16)12-15-5-2-1-3-6-15/h1-7,10,16H,8-9,11-14H2,(H,21,25). The predicted molar refractivity (Wildman–Crippen MR) is 109 cm³/mol. The summed E-state index contributed by atoms with van der Waals surface area (Å²) in [6.07, 6.45) is -0.0906. The second-order valence-electron chi connectivity index (χ2n) is 6.83. The highest BCUT2D eigenvalue weighted by atomic mass is 32.1. The summed E-state index contributed by atoms with van der Waals surface area (Å²) in [4.78, 5) is 27.2. The van der Waals surface area contributed by atoms with Gasteiger partial charge in [0.2, 0.25) is 5.91 Å². The smallest absolute Gasteiger partial charge is 0.387 e. The number of hydrogen-bond donors (Lipinski definition) is 1. The van der Waals surface area contributed by atoms with Gasteiger partial charge < -0.3 is 14.5 Å². The van der Waals surface area contributed by atoms with Crippen molar-refractivity contribution in [2.45, 2.75) is 19.2 Å². The maximum absolute atomic E-state index is 12.3. The van der Waals surface area contributed by atoms with Crippen molar-refractivity contribution in [2.24, 2.45) is 0 Å². The lowest BCUT2D eigenvalue weighted by Crippen LogP contribution is -2.47. The SMILES string of the molecule is O=C(Cn1nc(-c2cccs2)oc1=O)NCC1CN(Cc2ccccc2)CCO1. The lowest BCUT2D eigenvalue weighted by molar-refractivity contribution is -0.123. The highest BCUT2D eigenvalue weighted by molar-refractivity contribution is 7.13. The van der Waals surface area contributed by atoms with Crippen molar-refractivity contribution in [3.8, 4) is 10.8 Å². The number of benzene rings is 1. The van der Waals surface area contributed by atoms with Gasteiger partial charge in [-0.05, 0) is 17.0 Å². The summed E-state index contributed by atoms with van der Waals surface area (Å²) in [6.45, 7) is 3.28. The average Bonchev–Trinajstić information content (AvgIpc) is 3.38. The van der Waals surface area contributed by atoms with Gasteiger partial charge in [-0.25, -0.2) is 4.79 Å². The third-order valence-corrected chi connectivity index (χ3v) is 5.49. The molecule has 3 aromatic rings. The van der Waals surface area contributed by atoms with Gasteiger partial charge in [-0.3, -0.25) is 9.69 Å². The van der Waals surface area contributed by atoms with E-state index in [1.165, 1.54) is 16.9 Å². The third kappa shape index (κ3) is 5.20. The Labute approximate surface area is 171 Å². The molecule has 1 aliphatic heterocycles. The van der Waals surface area contributed by atoms with Crippen molar-refractivity contribution in [3.05, 3.63) is 64.0 Å². The van der Waals surface area contributed by atoms with E-state index in [2.05, 4.69) is 27.4 Å². The van der Waals surface area contributed by atoms with Crippen LogP contribution in [0.1, 0.15) is 5.56 Å². The zero-order valence-corrected chi connectivity index (χ0v) is 16.6. The molecule has 0 spiro atoms. The third-order valence-electron chi connectivity index (χ3n) is 4.63. The van der Waals surface area contributed by atoms with Crippen molar-refractivity contribution < 1.29 is 13.9 Å². The maximum atomic E-state index is 12.3. The van der Waals surface area contributed by atoms with Crippen molar-refractivity contribution in [2.75, 3.05) is 26.2 Å². The topological polar surface area (TPSA) is 89.6 Å². The second-order valence-corrected chi connectivity index (χ2v) is 7.77. The molecule has 1 amide bonds. The van der Waals surface area contributed by atoms with Crippen LogP contribution in [0.4, 0.5) is 0 Å². The Balaban J connectivity index is 1.27. The van der Waals surface area contributed by atoms with Gasteiger partial charge in [-0.1, -0.05) is 36.4 Å². The van der Waals surface area contributed by atoms with Gasteiger partial charge in [0.1, 0.15) is 6.54 Å². The molecule has 0 aliphatic carbocycles. The number of nitrogens with one attached hydrogen (secondary N) is 1. The van der Waals surface area contributed by atoms with Crippen LogP contribution in [-0.4, -0.2) is 52.9 Å². The summed E-state index contributed by atoms with van der Waals surface area (Å²) in [7, 11) is 0. The van der Waals surface area contributed by atoms with Gasteiger partial charge in [0, 0.05) is 26.2 Å². The fraction of sp³-hybridized carbons (Fsp3) is 0.350. The Morgan fingerprint density at radius 1 is 1.24 bits per heavy atom. The first-order chi connectivity index (χ1) is 14.2. The minimum absolute atomic E-state index is 0.0906. The molecule has 0 saturated carbocycles. The van der Waals surface area contributed by atoms with Crippen LogP contribution in [0.5, 0.6) is 0 Å². The van der Waals surface area contributed by atoms with Crippen LogP contribution in [0.3, 0.4) is 0 Å². The van der Waals surface area contributed by atoms with Crippen molar-refractivity contribution in [1.29, 1.82) is 0 Å². The van der Waals surface area contributed by atoms with E-state index >= 15 is 0 Å². The molecule has 1 N–H and O–H groups in total. The van der Waals surface area contributed by atoms with E-state index in [-0.39, 0.29) is 24.4 Å². The molecule has 9 heteroatoms. The number of carbonyl (C=O) groups is 1. The van der Waals surface area contributed by atoms with E-state index < -0.39 is 5.76 Å². The van der Waals surface area contributed by atoms with Crippen LogP contribution >= 0.6 is 11.3 Å². The van der Waals surface area contributed by atoms with Crippen LogP contribution in [0.2, 0.25) is 0 Å². The summed E-state index contributed by atoms with van der Waals surface area (Å²) >= 11 is 1.42. The Bertz CT molecular complexity index is 984. The zero-order chi connectivity index (χ0) is 20.1. The van der Waals surface area contributed by atoms with Gasteiger partial charge in [0.05, 0.1) is 17.6 Å². The molecular weight excluding hydrogens is 392 g/mol. The second kappa shape index (κ2) is 9.17. The largest absolute Gasteiger partial charge is 0.437 e. The summed E-state index contributed by atoms with van der Waals surface area (Å²) in [6, 6.07) is 13.9. The normalized spacial score (nSPS) is 17.3.